The molecular weight excluding hydrogens is 258 g/mol. The summed E-state index contributed by atoms with van der Waals surface area (Å²) in [6.45, 7) is 3.79. The lowest BCUT2D eigenvalue weighted by Gasteiger charge is -2.15. The highest BCUT2D eigenvalue weighted by Gasteiger charge is 2.16. The number of nitrogens with one attached hydrogen (secondary N) is 1. The number of rotatable bonds is 7. The quantitative estimate of drug-likeness (QED) is 0.660. The van der Waals surface area contributed by atoms with Crippen LogP contribution in [0, 0.1) is 5.92 Å². The highest BCUT2D eigenvalue weighted by molar-refractivity contribution is 5.78. The molecule has 110 valence electrons. The standard InChI is InChI=1S/C14H21N3O3/c1-9(10(2)15)14(19)17-7-11-4-3-5-12(6-11)20-8-13(16)18/h3-6,9-10H,7-8,15H2,1-2H3,(H2,16,18)(H,17,19). The van der Waals surface area contributed by atoms with Crippen LogP contribution in [0.25, 0.3) is 0 Å². The van der Waals surface area contributed by atoms with E-state index in [9.17, 15) is 9.59 Å². The monoisotopic (exact) mass is 279 g/mol. The Balaban J connectivity index is 2.54. The van der Waals surface area contributed by atoms with Gasteiger partial charge in [0.1, 0.15) is 5.75 Å². The summed E-state index contributed by atoms with van der Waals surface area (Å²) >= 11 is 0. The molecule has 2 unspecified atom stereocenters. The second-order valence-electron chi connectivity index (χ2n) is 4.77. The van der Waals surface area contributed by atoms with Gasteiger partial charge in [0.25, 0.3) is 5.91 Å². The molecule has 2 amide bonds. The van der Waals surface area contributed by atoms with Gasteiger partial charge in [0, 0.05) is 18.5 Å². The minimum absolute atomic E-state index is 0.0940. The molecule has 0 aromatic heterocycles. The van der Waals surface area contributed by atoms with Crippen LogP contribution in [0.5, 0.6) is 5.75 Å². The molecule has 20 heavy (non-hydrogen) atoms. The molecule has 0 bridgehead atoms. The fraction of sp³-hybridized carbons (Fsp3) is 0.429. The number of hydrogen-bond acceptors (Lipinski definition) is 4. The highest BCUT2D eigenvalue weighted by atomic mass is 16.5. The third kappa shape index (κ3) is 5.27. The largest absolute Gasteiger partial charge is 0.484 e. The molecule has 1 aromatic rings. The molecule has 0 saturated heterocycles. The van der Waals surface area contributed by atoms with Crippen molar-refractivity contribution < 1.29 is 14.3 Å². The molecule has 0 heterocycles. The minimum Gasteiger partial charge on any atom is -0.484 e. The van der Waals surface area contributed by atoms with Crippen LogP contribution in [-0.4, -0.2) is 24.5 Å². The normalized spacial score (nSPS) is 13.3. The van der Waals surface area contributed by atoms with Crippen LogP contribution in [0.2, 0.25) is 0 Å². The topological polar surface area (TPSA) is 107 Å². The van der Waals surface area contributed by atoms with Gasteiger partial charge in [-0.2, -0.15) is 0 Å². The zero-order chi connectivity index (χ0) is 15.1. The van der Waals surface area contributed by atoms with Gasteiger partial charge in [-0.3, -0.25) is 9.59 Å². The maximum absolute atomic E-state index is 11.8. The van der Waals surface area contributed by atoms with Gasteiger partial charge in [0.2, 0.25) is 5.91 Å². The molecule has 0 saturated carbocycles. The maximum Gasteiger partial charge on any atom is 0.255 e. The zero-order valence-corrected chi connectivity index (χ0v) is 11.8. The van der Waals surface area contributed by atoms with Crippen molar-refractivity contribution >= 4 is 11.8 Å². The van der Waals surface area contributed by atoms with E-state index in [1.807, 2.05) is 6.07 Å². The smallest absolute Gasteiger partial charge is 0.255 e. The van der Waals surface area contributed by atoms with Gasteiger partial charge in [0.15, 0.2) is 6.61 Å². The van der Waals surface area contributed by atoms with Crippen molar-refractivity contribution in [2.75, 3.05) is 6.61 Å². The molecule has 0 spiro atoms. The Morgan fingerprint density at radius 3 is 2.65 bits per heavy atom. The number of amides is 2. The number of benzene rings is 1. The first-order valence-corrected chi connectivity index (χ1v) is 6.43. The van der Waals surface area contributed by atoms with Gasteiger partial charge in [0.05, 0.1) is 0 Å². The number of nitrogens with two attached hydrogens (primary N) is 2. The van der Waals surface area contributed by atoms with Gasteiger partial charge in [-0.25, -0.2) is 0 Å². The van der Waals surface area contributed by atoms with E-state index in [1.165, 1.54) is 0 Å². The maximum atomic E-state index is 11.8. The van der Waals surface area contributed by atoms with Crippen molar-refractivity contribution in [3.05, 3.63) is 29.8 Å². The molecule has 0 radical (unpaired) electrons. The van der Waals surface area contributed by atoms with Crippen molar-refractivity contribution in [3.8, 4) is 5.75 Å². The average Bonchev–Trinajstić information content (AvgIpc) is 2.42. The van der Waals surface area contributed by atoms with Crippen molar-refractivity contribution in [2.24, 2.45) is 17.4 Å². The molecule has 6 nitrogen and oxygen atoms in total. The van der Waals surface area contributed by atoms with E-state index < -0.39 is 5.91 Å². The van der Waals surface area contributed by atoms with Crippen molar-refractivity contribution in [2.45, 2.75) is 26.4 Å². The lowest BCUT2D eigenvalue weighted by Crippen LogP contribution is -2.38. The van der Waals surface area contributed by atoms with Gasteiger partial charge < -0.3 is 21.5 Å². The predicted molar refractivity (Wildman–Crippen MR) is 75.8 cm³/mol. The minimum atomic E-state index is -0.533. The Hall–Kier alpha value is -2.08. The van der Waals surface area contributed by atoms with E-state index in [2.05, 4.69) is 5.32 Å². The SMILES string of the molecule is CC(N)C(C)C(=O)NCc1cccc(OCC(N)=O)c1. The molecule has 1 rings (SSSR count). The molecule has 5 N–H and O–H groups in total. The van der Waals surface area contributed by atoms with Crippen LogP contribution in [0.4, 0.5) is 0 Å². The molecule has 6 heteroatoms. The first-order chi connectivity index (χ1) is 9.40. The molecule has 0 aliphatic rings. The summed E-state index contributed by atoms with van der Waals surface area (Å²) in [5, 5.41) is 2.81. The summed E-state index contributed by atoms with van der Waals surface area (Å²) in [4.78, 5) is 22.4. The van der Waals surface area contributed by atoms with Gasteiger partial charge in [-0.15, -0.1) is 0 Å². The summed E-state index contributed by atoms with van der Waals surface area (Å²) in [7, 11) is 0. The Kier molecular flexibility index (Phi) is 5.99. The molecule has 2 atom stereocenters. The number of hydrogen-bond donors (Lipinski definition) is 3. The van der Waals surface area contributed by atoms with E-state index in [4.69, 9.17) is 16.2 Å². The summed E-state index contributed by atoms with van der Waals surface area (Å²) in [5.41, 5.74) is 11.6. The van der Waals surface area contributed by atoms with Crippen molar-refractivity contribution in [1.82, 2.24) is 5.32 Å². The third-order valence-electron chi connectivity index (χ3n) is 2.95. The van der Waals surface area contributed by atoms with Crippen molar-refractivity contribution in [3.63, 3.8) is 0 Å². The first kappa shape index (κ1) is 16.0. The van der Waals surface area contributed by atoms with Gasteiger partial charge in [-0.1, -0.05) is 19.1 Å². The number of carbonyl (C=O) groups excluding carboxylic acids is 2. The summed E-state index contributed by atoms with van der Waals surface area (Å²) in [6.07, 6.45) is 0. The van der Waals surface area contributed by atoms with Crippen LogP contribution in [0.3, 0.4) is 0 Å². The summed E-state index contributed by atoms with van der Waals surface area (Å²) in [5.74, 6) is -0.335. The number of carbonyl (C=O) groups is 2. The molecule has 0 aliphatic heterocycles. The Morgan fingerprint density at radius 1 is 1.35 bits per heavy atom. The fourth-order valence-electron chi connectivity index (χ4n) is 1.49. The third-order valence-corrected chi connectivity index (χ3v) is 2.95. The van der Waals surface area contributed by atoms with Gasteiger partial charge >= 0.3 is 0 Å². The Morgan fingerprint density at radius 2 is 2.05 bits per heavy atom. The van der Waals surface area contributed by atoms with Crippen LogP contribution in [-0.2, 0) is 16.1 Å². The van der Waals surface area contributed by atoms with Crippen LogP contribution >= 0.6 is 0 Å². The molecule has 1 aromatic carbocycles. The Bertz CT molecular complexity index is 474. The number of primary amides is 1. The number of ether oxygens (including phenoxy) is 1. The Labute approximate surface area is 118 Å². The highest BCUT2D eigenvalue weighted by Crippen LogP contribution is 2.13. The van der Waals surface area contributed by atoms with E-state index in [1.54, 1.807) is 32.0 Å². The van der Waals surface area contributed by atoms with E-state index >= 15 is 0 Å². The second-order valence-corrected chi connectivity index (χ2v) is 4.77. The van der Waals surface area contributed by atoms with Crippen LogP contribution < -0.4 is 21.5 Å². The van der Waals surface area contributed by atoms with Crippen molar-refractivity contribution in [1.29, 1.82) is 0 Å². The first-order valence-electron chi connectivity index (χ1n) is 6.43. The van der Waals surface area contributed by atoms with Crippen LogP contribution in [0.15, 0.2) is 24.3 Å². The molecular formula is C14H21N3O3. The summed E-state index contributed by atoms with van der Waals surface area (Å²) in [6, 6.07) is 6.92. The lowest BCUT2D eigenvalue weighted by atomic mass is 10.0. The van der Waals surface area contributed by atoms with E-state index in [0.29, 0.717) is 12.3 Å². The second kappa shape index (κ2) is 7.49. The lowest BCUT2D eigenvalue weighted by molar-refractivity contribution is -0.125. The van der Waals surface area contributed by atoms with Gasteiger partial charge in [-0.05, 0) is 24.6 Å². The van der Waals surface area contributed by atoms with E-state index in [-0.39, 0.29) is 24.5 Å². The molecule has 0 aliphatic carbocycles. The van der Waals surface area contributed by atoms with Crippen LogP contribution in [0.1, 0.15) is 19.4 Å². The zero-order valence-electron chi connectivity index (χ0n) is 11.8. The fourth-order valence-corrected chi connectivity index (χ4v) is 1.49. The summed E-state index contributed by atoms with van der Waals surface area (Å²) < 4.78 is 5.19. The van der Waals surface area contributed by atoms with E-state index in [0.717, 1.165) is 5.56 Å². The average molecular weight is 279 g/mol. The predicted octanol–water partition coefficient (Wildman–Crippen LogP) is 0.150. The molecule has 0 fully saturated rings.